The molecule has 2 amide bonds. The van der Waals surface area contributed by atoms with Crippen molar-refractivity contribution >= 4 is 11.8 Å². The largest absolute Gasteiger partial charge is 0.493 e. The van der Waals surface area contributed by atoms with Gasteiger partial charge in [-0.3, -0.25) is 14.6 Å². The molecule has 1 aromatic heterocycles. The number of nitrogens with one attached hydrogen (secondary N) is 1. The van der Waals surface area contributed by atoms with Gasteiger partial charge in [0.1, 0.15) is 0 Å². The lowest BCUT2D eigenvalue weighted by molar-refractivity contribution is -0.133. The average Bonchev–Trinajstić information content (AvgIpc) is 3.03. The van der Waals surface area contributed by atoms with Crippen molar-refractivity contribution in [2.24, 2.45) is 0 Å². The molecule has 1 aromatic carbocycles. The van der Waals surface area contributed by atoms with Crippen LogP contribution in [0.15, 0.2) is 48.8 Å². The Bertz CT molecular complexity index is 904. The van der Waals surface area contributed by atoms with E-state index in [9.17, 15) is 9.59 Å². The van der Waals surface area contributed by atoms with Crippen LogP contribution < -0.4 is 14.8 Å². The summed E-state index contributed by atoms with van der Waals surface area (Å²) in [5.41, 5.74) is 0.581. The zero-order chi connectivity index (χ0) is 21.0. The molecule has 1 spiro atoms. The first-order chi connectivity index (χ1) is 14.6. The Morgan fingerprint density at radius 2 is 2.07 bits per heavy atom. The molecule has 2 fully saturated rings. The monoisotopic (exact) mass is 409 g/mol. The van der Waals surface area contributed by atoms with E-state index in [1.807, 2.05) is 30.5 Å². The zero-order valence-electron chi connectivity index (χ0n) is 17.2. The van der Waals surface area contributed by atoms with Gasteiger partial charge in [-0.1, -0.05) is 24.6 Å². The normalized spacial score (nSPS) is 23.7. The number of pyridine rings is 1. The van der Waals surface area contributed by atoms with Crippen LogP contribution in [0.1, 0.15) is 37.2 Å². The Balaban J connectivity index is 1.53. The Hall–Kier alpha value is -3.09. The Morgan fingerprint density at radius 1 is 1.23 bits per heavy atom. The number of amides is 2. The fourth-order valence-electron chi connectivity index (χ4n) is 4.58. The van der Waals surface area contributed by atoms with E-state index in [0.717, 1.165) is 24.8 Å². The molecule has 30 heavy (non-hydrogen) atoms. The maximum Gasteiger partial charge on any atom is 0.260 e. The molecule has 2 saturated heterocycles. The van der Waals surface area contributed by atoms with E-state index in [1.54, 1.807) is 30.3 Å². The average molecular weight is 409 g/mol. The van der Waals surface area contributed by atoms with Gasteiger partial charge >= 0.3 is 0 Å². The second-order valence-corrected chi connectivity index (χ2v) is 7.96. The highest BCUT2D eigenvalue weighted by atomic mass is 16.5. The first kappa shape index (κ1) is 20.2. The third-order valence-corrected chi connectivity index (χ3v) is 6.07. The fraction of sp³-hybridized carbons (Fsp3) is 0.435. The number of hydrogen-bond donors (Lipinski definition) is 1. The maximum atomic E-state index is 13.0. The topological polar surface area (TPSA) is 80.8 Å². The standard InChI is InChI=1S/C23H27N3O4/c1-29-19-8-2-3-9-20(19)30-15-22(28)26-14-18(17-7-6-12-24-13-17)23(16-26)11-5-4-10-21(27)25-23/h2-3,6-9,12-13,18H,4-5,10-11,14-16H2,1H3,(H,25,27)/t18-,23+/m0/s1. The Morgan fingerprint density at radius 3 is 2.83 bits per heavy atom. The van der Waals surface area contributed by atoms with Crippen LogP contribution in [0.2, 0.25) is 0 Å². The first-order valence-electron chi connectivity index (χ1n) is 10.4. The molecule has 4 rings (SSSR count). The van der Waals surface area contributed by atoms with E-state index in [4.69, 9.17) is 9.47 Å². The van der Waals surface area contributed by atoms with Crippen molar-refractivity contribution in [1.82, 2.24) is 15.2 Å². The minimum absolute atomic E-state index is 0.00320. The summed E-state index contributed by atoms with van der Waals surface area (Å²) in [6, 6.07) is 11.2. The molecule has 7 heteroatoms. The van der Waals surface area contributed by atoms with Gasteiger partial charge in [0.2, 0.25) is 5.91 Å². The van der Waals surface area contributed by atoms with Crippen molar-refractivity contribution < 1.29 is 19.1 Å². The number of nitrogens with zero attached hydrogens (tertiary/aromatic N) is 2. The summed E-state index contributed by atoms with van der Waals surface area (Å²) in [6.45, 7) is 0.927. The van der Waals surface area contributed by atoms with E-state index in [1.165, 1.54) is 0 Å². The number of para-hydroxylation sites is 2. The smallest absolute Gasteiger partial charge is 0.260 e. The van der Waals surface area contributed by atoms with E-state index in [2.05, 4.69) is 10.3 Å². The van der Waals surface area contributed by atoms with Gasteiger partial charge in [0.15, 0.2) is 18.1 Å². The predicted molar refractivity (Wildman–Crippen MR) is 111 cm³/mol. The van der Waals surface area contributed by atoms with Crippen molar-refractivity contribution in [2.45, 2.75) is 37.1 Å². The van der Waals surface area contributed by atoms with Crippen LogP contribution in [0, 0.1) is 0 Å². The van der Waals surface area contributed by atoms with E-state index in [-0.39, 0.29) is 24.3 Å². The summed E-state index contributed by atoms with van der Waals surface area (Å²) < 4.78 is 11.0. The molecule has 0 bridgehead atoms. The van der Waals surface area contributed by atoms with Gasteiger partial charge in [0.05, 0.1) is 12.6 Å². The molecule has 158 valence electrons. The van der Waals surface area contributed by atoms with Crippen molar-refractivity contribution in [3.05, 3.63) is 54.4 Å². The van der Waals surface area contributed by atoms with Crippen molar-refractivity contribution in [1.29, 1.82) is 0 Å². The minimum atomic E-state index is -0.462. The van der Waals surface area contributed by atoms with Gasteiger partial charge < -0.3 is 19.7 Å². The van der Waals surface area contributed by atoms with Crippen molar-refractivity contribution in [3.8, 4) is 11.5 Å². The molecule has 0 aliphatic carbocycles. The summed E-state index contributed by atoms with van der Waals surface area (Å²) in [4.78, 5) is 31.5. The predicted octanol–water partition coefficient (Wildman–Crippen LogP) is 2.52. The van der Waals surface area contributed by atoms with Crippen LogP contribution in [0.4, 0.5) is 0 Å². The molecule has 0 radical (unpaired) electrons. The second-order valence-electron chi connectivity index (χ2n) is 7.96. The Kier molecular flexibility index (Phi) is 5.88. The second kappa shape index (κ2) is 8.73. The quantitative estimate of drug-likeness (QED) is 0.821. The number of hydrogen-bond acceptors (Lipinski definition) is 5. The molecule has 0 unspecified atom stereocenters. The number of aromatic nitrogens is 1. The lowest BCUT2D eigenvalue weighted by atomic mass is 9.79. The van der Waals surface area contributed by atoms with Gasteiger partial charge in [-0.05, 0) is 36.6 Å². The molecule has 0 saturated carbocycles. The highest BCUT2D eigenvalue weighted by Crippen LogP contribution is 2.40. The van der Waals surface area contributed by atoms with E-state index < -0.39 is 5.54 Å². The SMILES string of the molecule is COc1ccccc1OCC(=O)N1C[C@@H](c2cccnc2)[C@@]2(CCCCC(=O)N2)C1. The third-order valence-electron chi connectivity index (χ3n) is 6.07. The lowest BCUT2D eigenvalue weighted by Crippen LogP contribution is -2.53. The molecular formula is C23H27N3O4. The summed E-state index contributed by atoms with van der Waals surface area (Å²) in [7, 11) is 1.57. The first-order valence-corrected chi connectivity index (χ1v) is 10.4. The van der Waals surface area contributed by atoms with Gasteiger partial charge in [0, 0.05) is 37.8 Å². The molecule has 2 aliphatic heterocycles. The van der Waals surface area contributed by atoms with Gasteiger partial charge in [-0.25, -0.2) is 0 Å². The molecule has 2 aliphatic rings. The molecular weight excluding hydrogens is 382 g/mol. The number of likely N-dealkylation sites (tertiary alicyclic amines) is 1. The van der Waals surface area contributed by atoms with Gasteiger partial charge in [0.25, 0.3) is 5.91 Å². The zero-order valence-corrected chi connectivity index (χ0v) is 17.2. The summed E-state index contributed by atoms with van der Waals surface area (Å²) in [5.74, 6) is 1.08. The lowest BCUT2D eigenvalue weighted by Gasteiger charge is -2.34. The Labute approximate surface area is 176 Å². The highest BCUT2D eigenvalue weighted by molar-refractivity contribution is 5.80. The van der Waals surface area contributed by atoms with Crippen LogP contribution in [0.25, 0.3) is 0 Å². The highest BCUT2D eigenvalue weighted by Gasteiger charge is 2.49. The minimum Gasteiger partial charge on any atom is -0.493 e. The number of benzene rings is 1. The summed E-state index contributed by atoms with van der Waals surface area (Å²) in [6.07, 6.45) is 6.78. The van der Waals surface area contributed by atoms with Crippen LogP contribution in [-0.4, -0.2) is 54.0 Å². The number of methoxy groups -OCH3 is 1. The van der Waals surface area contributed by atoms with Crippen molar-refractivity contribution in [2.75, 3.05) is 26.8 Å². The molecule has 1 N–H and O–H groups in total. The van der Waals surface area contributed by atoms with Crippen LogP contribution >= 0.6 is 0 Å². The number of carbonyl (C=O) groups is 2. The number of rotatable bonds is 5. The number of carbonyl (C=O) groups excluding carboxylic acids is 2. The van der Waals surface area contributed by atoms with Crippen LogP contribution in [-0.2, 0) is 9.59 Å². The van der Waals surface area contributed by atoms with Crippen LogP contribution in [0.3, 0.4) is 0 Å². The molecule has 3 heterocycles. The van der Waals surface area contributed by atoms with Gasteiger partial charge in [-0.2, -0.15) is 0 Å². The number of ether oxygens (including phenoxy) is 2. The molecule has 2 atom stereocenters. The molecule has 7 nitrogen and oxygen atoms in total. The molecule has 2 aromatic rings. The van der Waals surface area contributed by atoms with Crippen molar-refractivity contribution in [3.63, 3.8) is 0 Å². The van der Waals surface area contributed by atoms with E-state index in [0.29, 0.717) is 31.0 Å². The summed E-state index contributed by atoms with van der Waals surface area (Å²) >= 11 is 0. The third kappa shape index (κ3) is 4.10. The van der Waals surface area contributed by atoms with E-state index >= 15 is 0 Å². The maximum absolute atomic E-state index is 13.0. The summed E-state index contributed by atoms with van der Waals surface area (Å²) in [5, 5.41) is 3.26. The van der Waals surface area contributed by atoms with Crippen LogP contribution in [0.5, 0.6) is 11.5 Å². The van der Waals surface area contributed by atoms with Gasteiger partial charge in [-0.15, -0.1) is 0 Å². The fourth-order valence-corrected chi connectivity index (χ4v) is 4.58.